The third-order valence-electron chi connectivity index (χ3n) is 3.71. The number of hydrogen-bond donors (Lipinski definition) is 0. The summed E-state index contributed by atoms with van der Waals surface area (Å²) in [4.78, 5) is 23.3. The third kappa shape index (κ3) is 1.92. The van der Waals surface area contributed by atoms with E-state index in [4.69, 9.17) is 4.74 Å². The lowest BCUT2D eigenvalue weighted by molar-refractivity contribution is -0.187. The Morgan fingerprint density at radius 2 is 1.80 bits per heavy atom. The quantitative estimate of drug-likeness (QED) is 0.522. The van der Waals surface area contributed by atoms with Crippen LogP contribution in [-0.2, 0) is 14.3 Å². The van der Waals surface area contributed by atoms with Gasteiger partial charge in [-0.2, -0.15) is 0 Å². The zero-order chi connectivity index (χ0) is 11.9. The Morgan fingerprint density at radius 1 is 1.27 bits per heavy atom. The topological polar surface area (TPSA) is 43.4 Å². The number of esters is 2. The van der Waals surface area contributed by atoms with Crippen LogP contribution in [-0.4, -0.2) is 11.9 Å². The molecule has 1 heterocycles. The van der Waals surface area contributed by atoms with Crippen LogP contribution in [0.3, 0.4) is 0 Å². The van der Waals surface area contributed by atoms with Gasteiger partial charge < -0.3 is 4.74 Å². The molecule has 0 aromatic heterocycles. The molecule has 0 aromatic rings. The SMILES string of the molecule is CCC(C)C1(C)CC(C)(C)C(=O)OC1=O. The van der Waals surface area contributed by atoms with E-state index in [1.807, 2.05) is 34.6 Å². The van der Waals surface area contributed by atoms with Crippen LogP contribution in [0.2, 0.25) is 0 Å². The van der Waals surface area contributed by atoms with Crippen molar-refractivity contribution in [1.29, 1.82) is 0 Å². The summed E-state index contributed by atoms with van der Waals surface area (Å²) >= 11 is 0. The summed E-state index contributed by atoms with van der Waals surface area (Å²) in [5.41, 5.74) is -1.07. The average Bonchev–Trinajstić information content (AvgIpc) is 2.13. The highest BCUT2D eigenvalue weighted by atomic mass is 16.6. The van der Waals surface area contributed by atoms with Crippen LogP contribution in [0.25, 0.3) is 0 Å². The lowest BCUT2D eigenvalue weighted by Crippen LogP contribution is -2.49. The summed E-state index contributed by atoms with van der Waals surface area (Å²) in [7, 11) is 0. The molecule has 0 spiro atoms. The Labute approximate surface area is 91.2 Å². The summed E-state index contributed by atoms with van der Waals surface area (Å²) in [6.07, 6.45) is 1.49. The molecule has 0 bridgehead atoms. The Kier molecular flexibility index (Phi) is 2.94. The molecular weight excluding hydrogens is 192 g/mol. The van der Waals surface area contributed by atoms with Gasteiger partial charge in [0.05, 0.1) is 10.8 Å². The fraction of sp³-hybridized carbons (Fsp3) is 0.833. The lowest BCUT2D eigenvalue weighted by Gasteiger charge is -2.42. The Bertz CT molecular complexity index is 293. The largest absolute Gasteiger partial charge is 0.392 e. The van der Waals surface area contributed by atoms with Crippen LogP contribution in [0.15, 0.2) is 0 Å². The Balaban J connectivity index is 3.01. The predicted molar refractivity (Wildman–Crippen MR) is 57.1 cm³/mol. The van der Waals surface area contributed by atoms with E-state index in [9.17, 15) is 9.59 Å². The Morgan fingerprint density at radius 3 is 2.27 bits per heavy atom. The number of carbonyl (C=O) groups is 2. The first-order valence-electron chi connectivity index (χ1n) is 5.50. The predicted octanol–water partition coefficient (Wildman–Crippen LogP) is 2.54. The summed E-state index contributed by atoms with van der Waals surface area (Å²) in [5, 5.41) is 0. The molecule has 1 fully saturated rings. The first-order chi connectivity index (χ1) is 6.74. The Hall–Kier alpha value is -0.860. The number of ether oxygens (including phenoxy) is 1. The number of hydrogen-bond acceptors (Lipinski definition) is 3. The van der Waals surface area contributed by atoms with Crippen molar-refractivity contribution in [2.24, 2.45) is 16.7 Å². The van der Waals surface area contributed by atoms with Crippen molar-refractivity contribution >= 4 is 11.9 Å². The minimum atomic E-state index is -0.550. The molecular formula is C12H20O3. The average molecular weight is 212 g/mol. The molecule has 0 aromatic carbocycles. The van der Waals surface area contributed by atoms with Gasteiger partial charge in [-0.3, -0.25) is 9.59 Å². The molecule has 0 N–H and O–H groups in total. The smallest absolute Gasteiger partial charge is 0.319 e. The molecule has 3 nitrogen and oxygen atoms in total. The molecule has 1 rings (SSSR count). The van der Waals surface area contributed by atoms with Gasteiger partial charge in [-0.1, -0.05) is 20.3 Å². The maximum Gasteiger partial charge on any atom is 0.319 e. The zero-order valence-electron chi connectivity index (χ0n) is 10.2. The molecule has 1 aliphatic heterocycles. The van der Waals surface area contributed by atoms with E-state index in [1.54, 1.807) is 0 Å². The maximum absolute atomic E-state index is 11.8. The molecule has 0 radical (unpaired) electrons. The van der Waals surface area contributed by atoms with E-state index in [0.29, 0.717) is 6.42 Å². The van der Waals surface area contributed by atoms with E-state index in [1.165, 1.54) is 0 Å². The van der Waals surface area contributed by atoms with Gasteiger partial charge in [-0.25, -0.2) is 0 Å². The molecule has 1 saturated heterocycles. The summed E-state index contributed by atoms with van der Waals surface area (Å²) in [6, 6.07) is 0. The third-order valence-corrected chi connectivity index (χ3v) is 3.71. The molecule has 2 unspecified atom stereocenters. The van der Waals surface area contributed by atoms with E-state index in [0.717, 1.165) is 6.42 Å². The van der Waals surface area contributed by atoms with Crippen LogP contribution in [0, 0.1) is 16.7 Å². The first kappa shape index (κ1) is 12.2. The number of rotatable bonds is 2. The molecule has 86 valence electrons. The fourth-order valence-electron chi connectivity index (χ4n) is 2.23. The van der Waals surface area contributed by atoms with Crippen molar-refractivity contribution in [2.75, 3.05) is 0 Å². The molecule has 0 amide bonds. The minimum Gasteiger partial charge on any atom is -0.392 e. The van der Waals surface area contributed by atoms with E-state index in [2.05, 4.69) is 0 Å². The van der Waals surface area contributed by atoms with Gasteiger partial charge in [0, 0.05) is 0 Å². The minimum absolute atomic E-state index is 0.234. The van der Waals surface area contributed by atoms with E-state index < -0.39 is 16.8 Å². The van der Waals surface area contributed by atoms with Crippen LogP contribution in [0.4, 0.5) is 0 Å². The highest BCUT2D eigenvalue weighted by molar-refractivity contribution is 5.94. The fourth-order valence-corrected chi connectivity index (χ4v) is 2.23. The molecule has 15 heavy (non-hydrogen) atoms. The monoisotopic (exact) mass is 212 g/mol. The van der Waals surface area contributed by atoms with Crippen LogP contribution in [0.1, 0.15) is 47.5 Å². The summed E-state index contributed by atoms with van der Waals surface area (Å²) in [6.45, 7) is 9.66. The van der Waals surface area contributed by atoms with Crippen LogP contribution >= 0.6 is 0 Å². The highest BCUT2D eigenvalue weighted by Gasteiger charge is 2.52. The molecule has 3 heteroatoms. The van der Waals surface area contributed by atoms with Gasteiger partial charge in [0.2, 0.25) is 0 Å². The maximum atomic E-state index is 11.8. The van der Waals surface area contributed by atoms with E-state index in [-0.39, 0.29) is 11.9 Å². The molecule has 1 aliphatic rings. The van der Waals surface area contributed by atoms with E-state index >= 15 is 0 Å². The van der Waals surface area contributed by atoms with Crippen molar-refractivity contribution in [2.45, 2.75) is 47.5 Å². The number of cyclic esters (lactones) is 2. The van der Waals surface area contributed by atoms with Gasteiger partial charge >= 0.3 is 11.9 Å². The molecule has 2 atom stereocenters. The van der Waals surface area contributed by atoms with Crippen LogP contribution in [0.5, 0.6) is 0 Å². The normalized spacial score (nSPS) is 32.3. The van der Waals surface area contributed by atoms with Gasteiger partial charge in [0.1, 0.15) is 0 Å². The highest BCUT2D eigenvalue weighted by Crippen LogP contribution is 2.46. The van der Waals surface area contributed by atoms with Crippen molar-refractivity contribution in [3.8, 4) is 0 Å². The van der Waals surface area contributed by atoms with Crippen LogP contribution < -0.4 is 0 Å². The second-order valence-electron chi connectivity index (χ2n) is 5.46. The van der Waals surface area contributed by atoms with Crippen molar-refractivity contribution in [3.05, 3.63) is 0 Å². The standard InChI is InChI=1S/C12H20O3/c1-6-8(2)12(5)7-11(3,4)9(13)15-10(12)14/h8H,6-7H2,1-5H3. The van der Waals surface area contributed by atoms with Gasteiger partial charge in [0.25, 0.3) is 0 Å². The van der Waals surface area contributed by atoms with Crippen molar-refractivity contribution < 1.29 is 14.3 Å². The van der Waals surface area contributed by atoms with Crippen molar-refractivity contribution in [3.63, 3.8) is 0 Å². The zero-order valence-corrected chi connectivity index (χ0v) is 10.2. The van der Waals surface area contributed by atoms with Gasteiger partial charge in [-0.05, 0) is 33.1 Å². The summed E-state index contributed by atoms with van der Waals surface area (Å²) in [5.74, 6) is -0.521. The summed E-state index contributed by atoms with van der Waals surface area (Å²) < 4.78 is 4.86. The first-order valence-corrected chi connectivity index (χ1v) is 5.50. The molecule has 0 saturated carbocycles. The van der Waals surface area contributed by atoms with Gasteiger partial charge in [-0.15, -0.1) is 0 Å². The number of carbonyl (C=O) groups excluding carboxylic acids is 2. The second-order valence-corrected chi connectivity index (χ2v) is 5.46. The van der Waals surface area contributed by atoms with Gasteiger partial charge in [0.15, 0.2) is 0 Å². The second kappa shape index (κ2) is 3.62. The lowest BCUT2D eigenvalue weighted by atomic mass is 9.65. The van der Waals surface area contributed by atoms with Crippen molar-refractivity contribution in [1.82, 2.24) is 0 Å². The molecule has 0 aliphatic carbocycles.